The number of rotatable bonds is 6. The van der Waals surface area contributed by atoms with Gasteiger partial charge in [-0.15, -0.1) is 0 Å². The molecule has 0 amide bonds. The Morgan fingerprint density at radius 2 is 1.73 bits per heavy atom. The van der Waals surface area contributed by atoms with Crippen LogP contribution in [0.4, 0.5) is 0 Å². The fourth-order valence-electron chi connectivity index (χ4n) is 2.58. The molecule has 2 N–H and O–H groups in total. The molecule has 1 unspecified atom stereocenters. The topological polar surface area (TPSA) is 32.3 Å². The molecule has 3 rings (SSSR count). The van der Waals surface area contributed by atoms with Crippen molar-refractivity contribution in [2.24, 2.45) is 5.92 Å². The number of hydrogen-bond acceptors (Lipinski definition) is 2. The zero-order valence-corrected chi connectivity index (χ0v) is 13.7. The smallest absolute Gasteiger partial charge is 0.0985 e. The molecule has 2 aromatic carbocycles. The van der Waals surface area contributed by atoms with Gasteiger partial charge < -0.3 is 10.4 Å². The van der Waals surface area contributed by atoms with E-state index in [4.69, 9.17) is 23.2 Å². The highest BCUT2D eigenvalue weighted by Crippen LogP contribution is 2.33. The van der Waals surface area contributed by atoms with E-state index in [0.717, 1.165) is 23.6 Å². The van der Waals surface area contributed by atoms with Gasteiger partial charge in [-0.2, -0.15) is 0 Å². The Balaban J connectivity index is 1.84. The summed E-state index contributed by atoms with van der Waals surface area (Å²) >= 11 is 12.0. The van der Waals surface area contributed by atoms with Crippen LogP contribution in [-0.2, 0) is 0 Å². The number of benzene rings is 2. The second-order valence-electron chi connectivity index (χ2n) is 5.88. The van der Waals surface area contributed by atoms with Crippen molar-refractivity contribution in [3.8, 4) is 0 Å². The minimum atomic E-state index is -0.654. The minimum absolute atomic E-state index is 0.170. The Morgan fingerprint density at radius 1 is 1.00 bits per heavy atom. The molecule has 2 nitrogen and oxygen atoms in total. The maximum Gasteiger partial charge on any atom is 0.0985 e. The predicted octanol–water partition coefficient (Wildman–Crippen LogP) is 4.77. The lowest BCUT2D eigenvalue weighted by molar-refractivity contribution is 0.128. The molecule has 116 valence electrons. The lowest BCUT2D eigenvalue weighted by atomic mass is 9.95. The lowest BCUT2D eigenvalue weighted by Crippen LogP contribution is -2.29. The van der Waals surface area contributed by atoms with Crippen molar-refractivity contribution < 1.29 is 5.11 Å². The Morgan fingerprint density at radius 3 is 2.36 bits per heavy atom. The van der Waals surface area contributed by atoms with Crippen LogP contribution in [0.3, 0.4) is 0 Å². The van der Waals surface area contributed by atoms with Crippen molar-refractivity contribution in [1.82, 2.24) is 5.32 Å². The Labute approximate surface area is 141 Å². The lowest BCUT2D eigenvalue weighted by Gasteiger charge is -2.25. The van der Waals surface area contributed by atoms with Crippen LogP contribution >= 0.6 is 23.2 Å². The number of nitrogens with one attached hydrogen (secondary N) is 1. The Hall–Kier alpha value is -1.06. The Bertz CT molecular complexity index is 625. The van der Waals surface area contributed by atoms with Gasteiger partial charge in [0.05, 0.1) is 12.1 Å². The monoisotopic (exact) mass is 335 g/mol. The van der Waals surface area contributed by atoms with Crippen molar-refractivity contribution in [3.63, 3.8) is 0 Å². The van der Waals surface area contributed by atoms with Crippen molar-refractivity contribution in [2.75, 3.05) is 6.54 Å². The van der Waals surface area contributed by atoms with Crippen LogP contribution in [0.15, 0.2) is 48.5 Å². The van der Waals surface area contributed by atoms with Gasteiger partial charge in [0.1, 0.15) is 0 Å². The highest BCUT2D eigenvalue weighted by Gasteiger charge is 2.27. The molecule has 4 heteroatoms. The first-order chi connectivity index (χ1) is 10.6. The quantitative estimate of drug-likeness (QED) is 0.797. The molecule has 0 spiro atoms. The van der Waals surface area contributed by atoms with Gasteiger partial charge in [-0.1, -0.05) is 47.5 Å². The van der Waals surface area contributed by atoms with E-state index >= 15 is 0 Å². The van der Waals surface area contributed by atoms with E-state index in [1.807, 2.05) is 48.5 Å². The van der Waals surface area contributed by atoms with Gasteiger partial charge in [0.25, 0.3) is 0 Å². The van der Waals surface area contributed by atoms with Gasteiger partial charge >= 0.3 is 0 Å². The highest BCUT2D eigenvalue weighted by molar-refractivity contribution is 6.30. The summed E-state index contributed by atoms with van der Waals surface area (Å²) < 4.78 is 0. The average Bonchev–Trinajstić information content (AvgIpc) is 3.33. The highest BCUT2D eigenvalue weighted by atomic mass is 35.5. The number of halogens is 2. The van der Waals surface area contributed by atoms with E-state index < -0.39 is 6.10 Å². The normalized spacial score (nSPS) is 17.2. The van der Waals surface area contributed by atoms with E-state index in [1.165, 1.54) is 12.8 Å². The van der Waals surface area contributed by atoms with Crippen LogP contribution < -0.4 is 5.32 Å². The molecule has 1 aliphatic carbocycles. The standard InChI is InChI=1S/C18H19Cl2NO/c19-15-8-6-13(7-9-15)17(21-11-12-4-5-12)18(22)14-2-1-3-16(20)10-14/h1-3,6-10,12,17-18,21-22H,4-5,11H2/t17-,18?/m1/s1. The first-order valence-corrected chi connectivity index (χ1v) is 8.31. The fourth-order valence-corrected chi connectivity index (χ4v) is 2.91. The Kier molecular flexibility index (Phi) is 5.04. The molecule has 2 atom stereocenters. The van der Waals surface area contributed by atoms with Crippen LogP contribution in [0.5, 0.6) is 0 Å². The molecule has 2 aromatic rings. The molecule has 1 saturated carbocycles. The maximum absolute atomic E-state index is 10.8. The molecule has 0 heterocycles. The molecular weight excluding hydrogens is 317 g/mol. The third-order valence-corrected chi connectivity index (χ3v) is 4.55. The van der Waals surface area contributed by atoms with Gasteiger partial charge in [0.15, 0.2) is 0 Å². The summed E-state index contributed by atoms with van der Waals surface area (Å²) in [6, 6.07) is 14.8. The molecule has 1 fully saturated rings. The van der Waals surface area contributed by atoms with Crippen molar-refractivity contribution in [3.05, 3.63) is 69.7 Å². The zero-order valence-electron chi connectivity index (χ0n) is 12.2. The van der Waals surface area contributed by atoms with Crippen LogP contribution in [-0.4, -0.2) is 11.7 Å². The molecule has 22 heavy (non-hydrogen) atoms. The molecule has 0 aromatic heterocycles. The largest absolute Gasteiger partial charge is 0.386 e. The molecule has 0 radical (unpaired) electrons. The molecule has 0 saturated heterocycles. The summed E-state index contributed by atoms with van der Waals surface area (Å²) in [6.07, 6.45) is 1.89. The van der Waals surface area contributed by atoms with E-state index in [2.05, 4.69) is 5.32 Å². The number of aliphatic hydroxyl groups excluding tert-OH is 1. The maximum atomic E-state index is 10.8. The fraction of sp³-hybridized carbons (Fsp3) is 0.333. The van der Waals surface area contributed by atoms with Crippen molar-refractivity contribution in [1.29, 1.82) is 0 Å². The van der Waals surface area contributed by atoms with Crippen molar-refractivity contribution >= 4 is 23.2 Å². The molecule has 0 aliphatic heterocycles. The SMILES string of the molecule is OC(c1cccc(Cl)c1)[C@H](NCC1CC1)c1ccc(Cl)cc1. The number of hydrogen-bond donors (Lipinski definition) is 2. The summed E-state index contributed by atoms with van der Waals surface area (Å²) in [5.74, 6) is 0.737. The van der Waals surface area contributed by atoms with Gasteiger partial charge in [-0.25, -0.2) is 0 Å². The predicted molar refractivity (Wildman–Crippen MR) is 91.3 cm³/mol. The third-order valence-electron chi connectivity index (χ3n) is 4.06. The summed E-state index contributed by atoms with van der Waals surface area (Å²) in [6.45, 7) is 0.922. The second kappa shape index (κ2) is 7.01. The van der Waals surface area contributed by atoms with Crippen LogP contribution in [0, 0.1) is 5.92 Å². The summed E-state index contributed by atoms with van der Waals surface area (Å²) in [7, 11) is 0. The molecule has 1 aliphatic rings. The van der Waals surface area contributed by atoms with Crippen molar-refractivity contribution in [2.45, 2.75) is 25.0 Å². The van der Waals surface area contributed by atoms with E-state index in [1.54, 1.807) is 0 Å². The third kappa shape index (κ3) is 4.02. The van der Waals surface area contributed by atoms with Gasteiger partial charge in [0.2, 0.25) is 0 Å². The molecular formula is C18H19Cl2NO. The van der Waals surface area contributed by atoms with E-state index in [-0.39, 0.29) is 6.04 Å². The number of aliphatic hydroxyl groups is 1. The first kappa shape index (κ1) is 15.8. The van der Waals surface area contributed by atoms with Crippen LogP contribution in [0.1, 0.15) is 36.1 Å². The van der Waals surface area contributed by atoms with Crippen LogP contribution in [0.2, 0.25) is 10.0 Å². The second-order valence-corrected chi connectivity index (χ2v) is 6.75. The van der Waals surface area contributed by atoms with Gasteiger partial charge in [0, 0.05) is 10.0 Å². The van der Waals surface area contributed by atoms with E-state index in [0.29, 0.717) is 10.0 Å². The van der Waals surface area contributed by atoms with Crippen LogP contribution in [0.25, 0.3) is 0 Å². The first-order valence-electron chi connectivity index (χ1n) is 7.56. The molecule has 0 bridgehead atoms. The van der Waals surface area contributed by atoms with E-state index in [9.17, 15) is 5.11 Å². The van der Waals surface area contributed by atoms with Gasteiger partial charge in [-0.05, 0) is 60.7 Å². The zero-order chi connectivity index (χ0) is 15.5. The summed E-state index contributed by atoms with van der Waals surface area (Å²) in [5, 5.41) is 15.6. The average molecular weight is 336 g/mol. The summed E-state index contributed by atoms with van der Waals surface area (Å²) in [5.41, 5.74) is 1.84. The minimum Gasteiger partial charge on any atom is -0.386 e. The van der Waals surface area contributed by atoms with Gasteiger partial charge in [-0.3, -0.25) is 0 Å². The summed E-state index contributed by atoms with van der Waals surface area (Å²) in [4.78, 5) is 0.